The molecule has 2 nitrogen and oxygen atoms in total. The third kappa shape index (κ3) is 2.78. The van der Waals surface area contributed by atoms with E-state index in [0.29, 0.717) is 5.71 Å². The van der Waals surface area contributed by atoms with Crippen LogP contribution >= 0.6 is 0 Å². The Balaban J connectivity index is 2.22. The first kappa shape index (κ1) is 11.5. The van der Waals surface area contributed by atoms with Gasteiger partial charge in [0.05, 0.1) is 11.4 Å². The fraction of sp³-hybridized carbons (Fsp3) is 0.200. The Kier molecular flexibility index (Phi) is 3.66. The lowest BCUT2D eigenvalue weighted by molar-refractivity contribution is 0.980. The highest BCUT2D eigenvalue weighted by Gasteiger charge is 2.02. The first-order chi connectivity index (χ1) is 8.31. The van der Waals surface area contributed by atoms with Crippen LogP contribution in [0.2, 0.25) is 0 Å². The number of nitrogens with one attached hydrogen (secondary N) is 1. The largest absolute Gasteiger partial charge is 0.303 e. The highest BCUT2D eigenvalue weighted by molar-refractivity contribution is 5.96. The number of aromatic nitrogens is 1. The average molecular weight is 224 g/mol. The van der Waals surface area contributed by atoms with Crippen LogP contribution in [0.5, 0.6) is 0 Å². The second-order valence-electron chi connectivity index (χ2n) is 4.03. The van der Waals surface area contributed by atoms with Crippen molar-refractivity contribution >= 4 is 5.71 Å². The number of benzene rings is 1. The Bertz CT molecular complexity index is 486. The van der Waals surface area contributed by atoms with Crippen LogP contribution in [0.4, 0.5) is 0 Å². The Morgan fingerprint density at radius 1 is 1.06 bits per heavy atom. The van der Waals surface area contributed by atoms with Crippen molar-refractivity contribution in [1.82, 2.24) is 4.98 Å². The van der Waals surface area contributed by atoms with Crippen molar-refractivity contribution in [3.05, 3.63) is 54.4 Å². The Hall–Kier alpha value is -1.96. The molecule has 1 N–H and O–H groups in total. The molecular formula is C15H16N2. The molecule has 2 rings (SSSR count). The van der Waals surface area contributed by atoms with E-state index >= 15 is 0 Å². The first-order valence-electron chi connectivity index (χ1n) is 5.90. The lowest BCUT2D eigenvalue weighted by atomic mass is 10.1. The number of rotatable bonds is 4. The van der Waals surface area contributed by atoms with Crippen LogP contribution in [0, 0.1) is 5.41 Å². The van der Waals surface area contributed by atoms with Crippen LogP contribution in [0.15, 0.2) is 48.7 Å². The minimum absolute atomic E-state index is 0.618. The molecule has 0 aliphatic heterocycles. The van der Waals surface area contributed by atoms with Gasteiger partial charge in [-0.3, -0.25) is 4.98 Å². The Morgan fingerprint density at radius 3 is 2.41 bits per heavy atom. The number of hydrogen-bond acceptors (Lipinski definition) is 2. The summed E-state index contributed by atoms with van der Waals surface area (Å²) in [7, 11) is 0. The summed E-state index contributed by atoms with van der Waals surface area (Å²) in [5.41, 5.74) is 3.66. The maximum atomic E-state index is 7.84. The van der Waals surface area contributed by atoms with Gasteiger partial charge in [0.1, 0.15) is 0 Å². The number of nitrogens with zero attached hydrogens (tertiary/aromatic N) is 1. The molecule has 0 unspecified atom stereocenters. The second-order valence-corrected chi connectivity index (χ2v) is 4.03. The van der Waals surface area contributed by atoms with Gasteiger partial charge in [0.25, 0.3) is 0 Å². The predicted molar refractivity (Wildman–Crippen MR) is 71.4 cm³/mol. The summed E-state index contributed by atoms with van der Waals surface area (Å²) in [5, 5.41) is 7.84. The molecule has 86 valence electrons. The van der Waals surface area contributed by atoms with E-state index in [1.807, 2.05) is 36.5 Å². The van der Waals surface area contributed by atoms with E-state index in [-0.39, 0.29) is 0 Å². The first-order valence-corrected chi connectivity index (χ1v) is 5.90. The molecule has 0 fully saturated rings. The van der Waals surface area contributed by atoms with E-state index in [1.165, 1.54) is 0 Å². The van der Waals surface area contributed by atoms with Crippen LogP contribution < -0.4 is 0 Å². The highest BCUT2D eigenvalue weighted by Crippen LogP contribution is 2.18. The van der Waals surface area contributed by atoms with Gasteiger partial charge in [0, 0.05) is 11.8 Å². The summed E-state index contributed by atoms with van der Waals surface area (Å²) in [6.45, 7) is 2.08. The van der Waals surface area contributed by atoms with Gasteiger partial charge in [-0.25, -0.2) is 0 Å². The standard InChI is InChI=1S/C15H16N2/c1-2-6-14(16)15-10-9-13(11-17-15)12-7-4-3-5-8-12/h3-5,7-11,16H,2,6H2,1H3. The molecule has 0 saturated carbocycles. The molecule has 0 amide bonds. The van der Waals surface area contributed by atoms with E-state index in [1.54, 1.807) is 0 Å². The summed E-state index contributed by atoms with van der Waals surface area (Å²) in [5.74, 6) is 0. The molecule has 0 aliphatic carbocycles. The summed E-state index contributed by atoms with van der Waals surface area (Å²) >= 11 is 0. The maximum Gasteiger partial charge on any atom is 0.0837 e. The molecule has 0 saturated heterocycles. The zero-order chi connectivity index (χ0) is 12.1. The molecule has 0 spiro atoms. The van der Waals surface area contributed by atoms with Gasteiger partial charge in [-0.2, -0.15) is 0 Å². The van der Waals surface area contributed by atoms with Crippen molar-refractivity contribution < 1.29 is 0 Å². The van der Waals surface area contributed by atoms with E-state index in [0.717, 1.165) is 29.7 Å². The molecular weight excluding hydrogens is 208 g/mol. The summed E-state index contributed by atoms with van der Waals surface area (Å²) < 4.78 is 0. The molecule has 0 radical (unpaired) electrons. The molecule has 2 aromatic rings. The topological polar surface area (TPSA) is 36.7 Å². The van der Waals surface area contributed by atoms with Crippen molar-refractivity contribution in [2.45, 2.75) is 19.8 Å². The number of hydrogen-bond donors (Lipinski definition) is 1. The van der Waals surface area contributed by atoms with Gasteiger partial charge in [-0.1, -0.05) is 49.7 Å². The Labute approximate surface area is 102 Å². The quantitative estimate of drug-likeness (QED) is 0.785. The number of pyridine rings is 1. The van der Waals surface area contributed by atoms with Crippen LogP contribution in [0.25, 0.3) is 11.1 Å². The van der Waals surface area contributed by atoms with Gasteiger partial charge >= 0.3 is 0 Å². The van der Waals surface area contributed by atoms with E-state index in [2.05, 4.69) is 24.0 Å². The second kappa shape index (κ2) is 5.39. The third-order valence-electron chi connectivity index (χ3n) is 2.68. The van der Waals surface area contributed by atoms with Gasteiger partial charge < -0.3 is 5.41 Å². The maximum absolute atomic E-state index is 7.84. The van der Waals surface area contributed by atoms with Gasteiger partial charge in [0.15, 0.2) is 0 Å². The molecule has 1 aromatic heterocycles. The van der Waals surface area contributed by atoms with Crippen molar-refractivity contribution in [1.29, 1.82) is 5.41 Å². The van der Waals surface area contributed by atoms with E-state index < -0.39 is 0 Å². The van der Waals surface area contributed by atoms with Crippen molar-refractivity contribution in [2.75, 3.05) is 0 Å². The van der Waals surface area contributed by atoms with Gasteiger partial charge in [0.2, 0.25) is 0 Å². The fourth-order valence-corrected chi connectivity index (χ4v) is 1.75. The minimum atomic E-state index is 0.618. The smallest absolute Gasteiger partial charge is 0.0837 e. The van der Waals surface area contributed by atoms with E-state index in [4.69, 9.17) is 5.41 Å². The monoisotopic (exact) mass is 224 g/mol. The predicted octanol–water partition coefficient (Wildman–Crippen LogP) is 3.92. The molecule has 1 aromatic carbocycles. The average Bonchev–Trinajstić information content (AvgIpc) is 2.40. The SMILES string of the molecule is CCCC(=N)c1ccc(-c2ccccc2)cn1. The van der Waals surface area contributed by atoms with Crippen LogP contribution in [0.1, 0.15) is 25.5 Å². The lowest BCUT2D eigenvalue weighted by Gasteiger charge is -2.04. The summed E-state index contributed by atoms with van der Waals surface area (Å²) in [6, 6.07) is 14.1. The third-order valence-corrected chi connectivity index (χ3v) is 2.68. The normalized spacial score (nSPS) is 10.2. The molecule has 0 bridgehead atoms. The van der Waals surface area contributed by atoms with Crippen molar-refractivity contribution in [2.24, 2.45) is 0 Å². The van der Waals surface area contributed by atoms with Crippen LogP contribution in [0.3, 0.4) is 0 Å². The zero-order valence-electron chi connectivity index (χ0n) is 9.98. The van der Waals surface area contributed by atoms with Gasteiger partial charge in [-0.05, 0) is 18.1 Å². The van der Waals surface area contributed by atoms with Crippen LogP contribution in [-0.2, 0) is 0 Å². The molecule has 2 heteroatoms. The molecule has 0 aliphatic rings. The fourth-order valence-electron chi connectivity index (χ4n) is 1.75. The van der Waals surface area contributed by atoms with Crippen LogP contribution in [-0.4, -0.2) is 10.7 Å². The molecule has 0 atom stereocenters. The van der Waals surface area contributed by atoms with Crippen molar-refractivity contribution in [3.63, 3.8) is 0 Å². The lowest BCUT2D eigenvalue weighted by Crippen LogP contribution is -2.00. The summed E-state index contributed by atoms with van der Waals surface area (Å²) in [4.78, 5) is 4.35. The zero-order valence-corrected chi connectivity index (χ0v) is 9.98. The summed E-state index contributed by atoms with van der Waals surface area (Å²) in [6.07, 6.45) is 3.62. The van der Waals surface area contributed by atoms with Gasteiger partial charge in [-0.15, -0.1) is 0 Å². The van der Waals surface area contributed by atoms with Crippen molar-refractivity contribution in [3.8, 4) is 11.1 Å². The molecule has 1 heterocycles. The highest BCUT2D eigenvalue weighted by atomic mass is 14.7. The minimum Gasteiger partial charge on any atom is -0.303 e. The molecule has 17 heavy (non-hydrogen) atoms. The van der Waals surface area contributed by atoms with E-state index in [9.17, 15) is 0 Å². The Morgan fingerprint density at radius 2 is 1.82 bits per heavy atom.